The van der Waals surface area contributed by atoms with Crippen LogP contribution in [0.2, 0.25) is 0 Å². The number of sulfonamides is 1. The van der Waals surface area contributed by atoms with Crippen molar-refractivity contribution in [1.82, 2.24) is 14.9 Å². The quantitative estimate of drug-likeness (QED) is 0.834. The predicted molar refractivity (Wildman–Crippen MR) is 83.1 cm³/mol. The Kier molecular flexibility index (Phi) is 5.37. The maximum atomic E-state index is 12.4. The van der Waals surface area contributed by atoms with E-state index in [0.29, 0.717) is 10.8 Å². The van der Waals surface area contributed by atoms with Gasteiger partial charge in [0.15, 0.2) is 0 Å². The number of carbonyl (C=O) groups excluding carboxylic acids is 1. The fraction of sp³-hybridized carbons (Fsp3) is 0.615. The molecule has 1 aliphatic rings. The minimum atomic E-state index is -3.48. The second-order valence-electron chi connectivity index (χ2n) is 5.15. The second kappa shape index (κ2) is 6.87. The Bertz CT molecular complexity index is 590. The summed E-state index contributed by atoms with van der Waals surface area (Å²) in [6, 6.07) is 1.46. The van der Waals surface area contributed by atoms with Gasteiger partial charge >= 0.3 is 0 Å². The lowest BCUT2D eigenvalue weighted by Crippen LogP contribution is -2.40. The first-order valence-electron chi connectivity index (χ1n) is 6.94. The van der Waals surface area contributed by atoms with Gasteiger partial charge < -0.3 is 10.2 Å². The summed E-state index contributed by atoms with van der Waals surface area (Å²) in [4.78, 5) is 14.8. The number of carbonyl (C=O) groups is 1. The van der Waals surface area contributed by atoms with Gasteiger partial charge in [-0.25, -0.2) is 13.1 Å². The molecule has 2 N–H and O–H groups in total. The van der Waals surface area contributed by atoms with Gasteiger partial charge in [-0.2, -0.15) is 0 Å². The first-order valence-corrected chi connectivity index (χ1v) is 9.30. The molecule has 1 aromatic rings. The molecule has 6 nitrogen and oxygen atoms in total. The third kappa shape index (κ3) is 3.82. The minimum Gasteiger partial charge on any atom is -0.338 e. The zero-order valence-corrected chi connectivity index (χ0v) is 13.9. The smallest absolute Gasteiger partial charge is 0.263 e. The fourth-order valence-electron chi connectivity index (χ4n) is 2.47. The van der Waals surface area contributed by atoms with E-state index in [9.17, 15) is 13.2 Å². The van der Waals surface area contributed by atoms with Gasteiger partial charge in [-0.05, 0) is 45.5 Å². The van der Waals surface area contributed by atoms with E-state index in [1.165, 1.54) is 29.8 Å². The van der Waals surface area contributed by atoms with Crippen LogP contribution in [-0.2, 0) is 10.0 Å². The van der Waals surface area contributed by atoms with Crippen LogP contribution >= 0.6 is 11.3 Å². The van der Waals surface area contributed by atoms with Gasteiger partial charge in [-0.15, -0.1) is 11.3 Å². The van der Waals surface area contributed by atoms with Crippen molar-refractivity contribution in [3.8, 4) is 0 Å². The highest BCUT2D eigenvalue weighted by Gasteiger charge is 2.25. The molecule has 0 atom stereocenters. The monoisotopic (exact) mass is 331 g/mol. The number of nitrogens with zero attached hydrogens (tertiary/aromatic N) is 1. The first-order chi connectivity index (χ1) is 9.97. The maximum Gasteiger partial charge on any atom is 0.263 e. The van der Waals surface area contributed by atoms with Crippen LogP contribution in [-0.4, -0.2) is 53.0 Å². The number of thiophene rings is 1. The van der Waals surface area contributed by atoms with Gasteiger partial charge in [0.25, 0.3) is 5.91 Å². The summed E-state index contributed by atoms with van der Waals surface area (Å²) in [6.45, 7) is 2.44. The molecule has 0 saturated carbocycles. The SMILES string of the molecule is CNCC1CCN(C(=O)c2cc(S(=O)(=O)NC)cs2)CC1. The number of piperidine rings is 1. The van der Waals surface area contributed by atoms with Crippen LogP contribution < -0.4 is 10.0 Å². The summed E-state index contributed by atoms with van der Waals surface area (Å²) in [5, 5.41) is 4.67. The molecule has 0 spiro atoms. The van der Waals surface area contributed by atoms with E-state index in [2.05, 4.69) is 10.0 Å². The molecule has 0 unspecified atom stereocenters. The Hall–Kier alpha value is -0.960. The number of likely N-dealkylation sites (tertiary alicyclic amines) is 1. The third-order valence-corrected chi connectivity index (χ3v) is 6.22. The molecule has 1 aromatic heterocycles. The molecule has 0 aliphatic carbocycles. The van der Waals surface area contributed by atoms with Crippen LogP contribution in [0.5, 0.6) is 0 Å². The number of hydrogen-bond donors (Lipinski definition) is 2. The van der Waals surface area contributed by atoms with Gasteiger partial charge in [0.05, 0.1) is 9.77 Å². The third-order valence-electron chi connectivity index (χ3n) is 3.76. The Balaban J connectivity index is 2.02. The summed E-state index contributed by atoms with van der Waals surface area (Å²) in [5.74, 6) is 0.545. The molecule has 0 radical (unpaired) electrons. The molecule has 0 aromatic carbocycles. The molecule has 0 bridgehead atoms. The Morgan fingerprint density at radius 2 is 2.05 bits per heavy atom. The lowest BCUT2D eigenvalue weighted by molar-refractivity contribution is 0.0695. The number of rotatable bonds is 5. The standard InChI is InChI=1S/C13H21N3O3S2/c1-14-8-10-3-5-16(6-4-10)13(17)12-7-11(9-20-12)21(18,19)15-2/h7,9-10,14-15H,3-6,8H2,1-2H3. The number of amides is 1. The van der Waals surface area contributed by atoms with Crippen molar-refractivity contribution in [2.45, 2.75) is 17.7 Å². The highest BCUT2D eigenvalue weighted by molar-refractivity contribution is 7.89. The molecule has 1 saturated heterocycles. The zero-order chi connectivity index (χ0) is 15.5. The fourth-order valence-corrected chi connectivity index (χ4v) is 4.44. The molecule has 2 rings (SSSR count). The van der Waals surface area contributed by atoms with Gasteiger partial charge in [0.1, 0.15) is 0 Å². The highest BCUT2D eigenvalue weighted by atomic mass is 32.2. The van der Waals surface area contributed by atoms with E-state index in [4.69, 9.17) is 0 Å². The average Bonchev–Trinajstić information content (AvgIpc) is 2.98. The van der Waals surface area contributed by atoms with Crippen molar-refractivity contribution >= 4 is 27.3 Å². The number of nitrogens with one attached hydrogen (secondary N) is 2. The first kappa shape index (κ1) is 16.4. The lowest BCUT2D eigenvalue weighted by atomic mass is 9.97. The average molecular weight is 331 g/mol. The van der Waals surface area contributed by atoms with Gasteiger partial charge in [0.2, 0.25) is 10.0 Å². The summed E-state index contributed by atoms with van der Waals surface area (Å²) in [6.07, 6.45) is 1.97. The van der Waals surface area contributed by atoms with Crippen molar-refractivity contribution in [2.75, 3.05) is 33.7 Å². The molecule has 1 fully saturated rings. The maximum absolute atomic E-state index is 12.4. The topological polar surface area (TPSA) is 78.5 Å². The predicted octanol–water partition coefficient (Wildman–Crippen LogP) is 0.728. The van der Waals surface area contributed by atoms with E-state index >= 15 is 0 Å². The summed E-state index contributed by atoms with van der Waals surface area (Å²) < 4.78 is 25.6. The molecular formula is C13H21N3O3S2. The second-order valence-corrected chi connectivity index (χ2v) is 7.95. The van der Waals surface area contributed by atoms with Crippen molar-refractivity contribution in [3.05, 3.63) is 16.3 Å². The minimum absolute atomic E-state index is 0.0690. The molecule has 118 valence electrons. The van der Waals surface area contributed by atoms with Crippen molar-refractivity contribution < 1.29 is 13.2 Å². The summed E-state index contributed by atoms with van der Waals surface area (Å²) >= 11 is 1.18. The van der Waals surface area contributed by atoms with Gasteiger partial charge in [-0.1, -0.05) is 0 Å². The Morgan fingerprint density at radius 3 is 2.62 bits per heavy atom. The van der Waals surface area contributed by atoms with Crippen LogP contribution in [0.1, 0.15) is 22.5 Å². The van der Waals surface area contributed by atoms with Crippen LogP contribution in [0.3, 0.4) is 0 Å². The van der Waals surface area contributed by atoms with E-state index in [-0.39, 0.29) is 10.8 Å². The van der Waals surface area contributed by atoms with Crippen molar-refractivity contribution in [3.63, 3.8) is 0 Å². The van der Waals surface area contributed by atoms with E-state index in [1.807, 2.05) is 11.9 Å². The van der Waals surface area contributed by atoms with Crippen LogP contribution in [0.4, 0.5) is 0 Å². The highest BCUT2D eigenvalue weighted by Crippen LogP contribution is 2.23. The van der Waals surface area contributed by atoms with Crippen LogP contribution in [0.15, 0.2) is 16.3 Å². The van der Waals surface area contributed by atoms with Crippen molar-refractivity contribution in [1.29, 1.82) is 0 Å². The zero-order valence-electron chi connectivity index (χ0n) is 12.3. The van der Waals surface area contributed by atoms with Crippen molar-refractivity contribution in [2.24, 2.45) is 5.92 Å². The van der Waals surface area contributed by atoms with Crippen LogP contribution in [0.25, 0.3) is 0 Å². The molecule has 8 heteroatoms. The van der Waals surface area contributed by atoms with E-state index in [0.717, 1.165) is 32.5 Å². The summed E-state index contributed by atoms with van der Waals surface area (Å²) in [5.41, 5.74) is 0. The Labute approximate surface area is 129 Å². The molecule has 2 heterocycles. The Morgan fingerprint density at radius 1 is 1.38 bits per heavy atom. The van der Waals surface area contributed by atoms with E-state index in [1.54, 1.807) is 0 Å². The molecular weight excluding hydrogens is 310 g/mol. The number of hydrogen-bond acceptors (Lipinski definition) is 5. The van der Waals surface area contributed by atoms with E-state index < -0.39 is 10.0 Å². The largest absolute Gasteiger partial charge is 0.338 e. The molecule has 1 aliphatic heterocycles. The molecule has 1 amide bonds. The van der Waals surface area contributed by atoms with Gasteiger partial charge in [0, 0.05) is 18.5 Å². The molecule has 21 heavy (non-hydrogen) atoms. The lowest BCUT2D eigenvalue weighted by Gasteiger charge is -2.31. The van der Waals surface area contributed by atoms with Gasteiger partial charge in [-0.3, -0.25) is 4.79 Å². The summed E-state index contributed by atoms with van der Waals surface area (Å²) in [7, 11) is -0.177. The van der Waals surface area contributed by atoms with Crippen LogP contribution in [0, 0.1) is 5.92 Å². The normalized spacial score (nSPS) is 17.1.